The van der Waals surface area contributed by atoms with Gasteiger partial charge in [-0.15, -0.1) is 0 Å². The Kier molecular flexibility index (Phi) is 3.20. The van der Waals surface area contributed by atoms with Crippen molar-refractivity contribution in [2.75, 3.05) is 18.9 Å². The number of non-ortho nitro benzene ring substituents is 1. The zero-order valence-corrected chi connectivity index (χ0v) is 11.4. The van der Waals surface area contributed by atoms with Crippen LogP contribution in [0.15, 0.2) is 22.6 Å². The smallest absolute Gasteiger partial charge is 0.298 e. The highest BCUT2D eigenvalue weighted by Gasteiger charge is 2.25. The molecule has 110 valence electrons. The third-order valence-corrected chi connectivity index (χ3v) is 3.55. The second kappa shape index (κ2) is 5.04. The van der Waals surface area contributed by atoms with Gasteiger partial charge in [0.15, 0.2) is 11.1 Å². The molecule has 1 aromatic heterocycles. The molecule has 2 aromatic rings. The van der Waals surface area contributed by atoms with Crippen LogP contribution in [-0.2, 0) is 4.79 Å². The van der Waals surface area contributed by atoms with Crippen molar-refractivity contribution in [2.45, 2.75) is 18.9 Å². The maximum absolute atomic E-state index is 11.4. The van der Waals surface area contributed by atoms with E-state index in [4.69, 9.17) is 4.42 Å². The zero-order chi connectivity index (χ0) is 15.0. The fourth-order valence-electron chi connectivity index (χ4n) is 2.45. The average molecular weight is 290 g/mol. The lowest BCUT2D eigenvalue weighted by Gasteiger charge is -2.29. The third-order valence-electron chi connectivity index (χ3n) is 3.55. The molecule has 1 atom stereocenters. The van der Waals surface area contributed by atoms with Crippen LogP contribution in [0, 0.1) is 10.1 Å². The first-order chi connectivity index (χ1) is 10.0. The minimum Gasteiger partial charge on any atom is -0.423 e. The van der Waals surface area contributed by atoms with Gasteiger partial charge in [0, 0.05) is 32.1 Å². The Balaban J connectivity index is 1.83. The number of hydrogen-bond acceptors (Lipinski definition) is 6. The molecule has 1 amide bonds. The first-order valence-corrected chi connectivity index (χ1v) is 6.59. The Hall–Kier alpha value is -2.64. The SMILES string of the molecule is CN1CC(Nc2nc3c([N+](=O)[O-])cccc3o2)CCC1=O. The van der Waals surface area contributed by atoms with E-state index in [-0.39, 0.29) is 29.2 Å². The van der Waals surface area contributed by atoms with Gasteiger partial charge < -0.3 is 14.6 Å². The molecule has 8 heteroatoms. The first-order valence-electron chi connectivity index (χ1n) is 6.59. The number of aromatic nitrogens is 1. The van der Waals surface area contributed by atoms with Crippen molar-refractivity contribution in [3.8, 4) is 0 Å². The largest absolute Gasteiger partial charge is 0.423 e. The number of nitrogens with zero attached hydrogens (tertiary/aromatic N) is 3. The van der Waals surface area contributed by atoms with E-state index in [9.17, 15) is 14.9 Å². The molecule has 21 heavy (non-hydrogen) atoms. The second-order valence-electron chi connectivity index (χ2n) is 5.05. The van der Waals surface area contributed by atoms with Crippen LogP contribution in [0.25, 0.3) is 11.1 Å². The molecule has 1 unspecified atom stereocenters. The molecule has 0 spiro atoms. The summed E-state index contributed by atoms with van der Waals surface area (Å²) in [5, 5.41) is 14.0. The molecule has 1 N–H and O–H groups in total. The Bertz CT molecular complexity index is 711. The van der Waals surface area contributed by atoms with Gasteiger partial charge in [-0.3, -0.25) is 14.9 Å². The summed E-state index contributed by atoms with van der Waals surface area (Å²) >= 11 is 0. The minimum atomic E-state index is -0.484. The molecule has 3 rings (SSSR count). The fourth-order valence-corrected chi connectivity index (χ4v) is 2.45. The number of para-hydroxylation sites is 1. The van der Waals surface area contributed by atoms with Gasteiger partial charge in [-0.05, 0) is 12.5 Å². The van der Waals surface area contributed by atoms with Crippen molar-refractivity contribution in [2.24, 2.45) is 0 Å². The molecular weight excluding hydrogens is 276 g/mol. The lowest BCUT2D eigenvalue weighted by Crippen LogP contribution is -2.43. The van der Waals surface area contributed by atoms with Crippen molar-refractivity contribution < 1.29 is 14.1 Å². The molecule has 0 radical (unpaired) electrons. The summed E-state index contributed by atoms with van der Waals surface area (Å²) in [5.74, 6) is 0.112. The number of fused-ring (bicyclic) bond motifs is 1. The van der Waals surface area contributed by atoms with E-state index in [0.29, 0.717) is 25.0 Å². The summed E-state index contributed by atoms with van der Waals surface area (Å²) in [7, 11) is 1.74. The van der Waals surface area contributed by atoms with E-state index in [1.807, 2.05) is 0 Å². The van der Waals surface area contributed by atoms with Crippen LogP contribution in [0.5, 0.6) is 0 Å². The Morgan fingerprint density at radius 1 is 1.52 bits per heavy atom. The van der Waals surface area contributed by atoms with Crippen LogP contribution in [0.4, 0.5) is 11.7 Å². The molecule has 1 aromatic carbocycles. The molecule has 0 bridgehead atoms. The van der Waals surface area contributed by atoms with Gasteiger partial charge in [-0.2, -0.15) is 4.98 Å². The Morgan fingerprint density at radius 2 is 2.33 bits per heavy atom. The van der Waals surface area contributed by atoms with Gasteiger partial charge in [-0.1, -0.05) is 6.07 Å². The molecular formula is C13H14N4O4. The van der Waals surface area contributed by atoms with E-state index in [1.165, 1.54) is 6.07 Å². The Labute approximate surface area is 119 Å². The zero-order valence-electron chi connectivity index (χ0n) is 11.4. The van der Waals surface area contributed by atoms with E-state index in [2.05, 4.69) is 10.3 Å². The number of carbonyl (C=O) groups is 1. The number of anilines is 1. The highest BCUT2D eigenvalue weighted by molar-refractivity contribution is 5.84. The lowest BCUT2D eigenvalue weighted by molar-refractivity contribution is -0.383. The van der Waals surface area contributed by atoms with Gasteiger partial charge >= 0.3 is 0 Å². The predicted octanol–water partition coefficient (Wildman–Crippen LogP) is 1.77. The lowest BCUT2D eigenvalue weighted by atomic mass is 10.1. The average Bonchev–Trinajstić information content (AvgIpc) is 2.84. The van der Waals surface area contributed by atoms with Crippen molar-refractivity contribution in [1.29, 1.82) is 0 Å². The highest BCUT2D eigenvalue weighted by Crippen LogP contribution is 2.28. The number of nitro groups is 1. The van der Waals surface area contributed by atoms with E-state index < -0.39 is 4.92 Å². The van der Waals surface area contributed by atoms with Crippen molar-refractivity contribution in [1.82, 2.24) is 9.88 Å². The molecule has 1 saturated heterocycles. The number of amides is 1. The number of piperidine rings is 1. The monoisotopic (exact) mass is 290 g/mol. The quantitative estimate of drug-likeness (QED) is 0.682. The van der Waals surface area contributed by atoms with Crippen LogP contribution in [0.3, 0.4) is 0 Å². The normalized spacial score (nSPS) is 19.0. The summed E-state index contributed by atoms with van der Waals surface area (Å²) in [4.78, 5) is 27.7. The highest BCUT2D eigenvalue weighted by atomic mass is 16.6. The van der Waals surface area contributed by atoms with E-state index in [1.54, 1.807) is 24.1 Å². The molecule has 8 nitrogen and oxygen atoms in total. The number of nitrogens with one attached hydrogen (secondary N) is 1. The van der Waals surface area contributed by atoms with Crippen LogP contribution in [-0.4, -0.2) is 40.3 Å². The second-order valence-corrected chi connectivity index (χ2v) is 5.05. The number of benzene rings is 1. The van der Waals surface area contributed by atoms with Gasteiger partial charge in [0.25, 0.3) is 11.7 Å². The maximum atomic E-state index is 11.4. The summed E-state index contributed by atoms with van der Waals surface area (Å²) in [6.45, 7) is 0.555. The first kappa shape index (κ1) is 13.3. The molecule has 1 fully saturated rings. The van der Waals surface area contributed by atoms with Crippen LogP contribution < -0.4 is 5.32 Å². The molecule has 1 aliphatic heterocycles. The van der Waals surface area contributed by atoms with Crippen molar-refractivity contribution in [3.05, 3.63) is 28.3 Å². The van der Waals surface area contributed by atoms with Crippen LogP contribution in [0.1, 0.15) is 12.8 Å². The number of nitro benzene ring substituents is 1. The number of hydrogen-bond donors (Lipinski definition) is 1. The van der Waals surface area contributed by atoms with E-state index >= 15 is 0 Å². The number of rotatable bonds is 3. The van der Waals surface area contributed by atoms with Crippen molar-refractivity contribution >= 4 is 28.7 Å². The number of oxazole rings is 1. The van der Waals surface area contributed by atoms with Gasteiger partial charge in [-0.25, -0.2) is 0 Å². The number of likely N-dealkylation sites (N-methyl/N-ethyl adjacent to an activating group) is 1. The summed E-state index contributed by atoms with van der Waals surface area (Å²) < 4.78 is 5.49. The van der Waals surface area contributed by atoms with Gasteiger partial charge in [0.1, 0.15) is 0 Å². The van der Waals surface area contributed by atoms with Crippen LogP contribution in [0.2, 0.25) is 0 Å². The molecule has 2 heterocycles. The van der Waals surface area contributed by atoms with Gasteiger partial charge in [0.05, 0.1) is 4.92 Å². The van der Waals surface area contributed by atoms with E-state index in [0.717, 1.165) is 0 Å². The molecule has 1 aliphatic rings. The standard InChI is InChI=1S/C13H14N4O4/c1-16-7-8(5-6-11(16)18)14-13-15-12-9(17(19)20)3-2-4-10(12)21-13/h2-4,8H,5-7H2,1H3,(H,14,15). The van der Waals surface area contributed by atoms with Gasteiger partial charge in [0.2, 0.25) is 5.91 Å². The number of likely N-dealkylation sites (tertiary alicyclic amines) is 1. The van der Waals surface area contributed by atoms with Crippen molar-refractivity contribution in [3.63, 3.8) is 0 Å². The minimum absolute atomic E-state index is 0.0276. The Morgan fingerprint density at radius 3 is 3.05 bits per heavy atom. The number of carbonyl (C=O) groups excluding carboxylic acids is 1. The van der Waals surface area contributed by atoms with Crippen LogP contribution >= 0.6 is 0 Å². The maximum Gasteiger partial charge on any atom is 0.298 e. The summed E-state index contributed by atoms with van der Waals surface area (Å²) in [6.07, 6.45) is 1.15. The third kappa shape index (κ3) is 2.51. The summed E-state index contributed by atoms with van der Waals surface area (Å²) in [5.41, 5.74) is 0.512. The fraction of sp³-hybridized carbons (Fsp3) is 0.385. The molecule has 0 saturated carbocycles. The summed E-state index contributed by atoms with van der Waals surface area (Å²) in [6, 6.07) is 4.85. The topological polar surface area (TPSA) is 102 Å². The predicted molar refractivity (Wildman–Crippen MR) is 74.9 cm³/mol. The molecule has 0 aliphatic carbocycles.